The third-order valence-electron chi connectivity index (χ3n) is 3.15. The Kier molecular flexibility index (Phi) is 5.01. The second kappa shape index (κ2) is 6.53. The van der Waals surface area contributed by atoms with Crippen LogP contribution in [0.5, 0.6) is 0 Å². The summed E-state index contributed by atoms with van der Waals surface area (Å²) in [4.78, 5) is 5.56. The highest BCUT2D eigenvalue weighted by Crippen LogP contribution is 2.20. The molecule has 1 aromatic heterocycles. The van der Waals surface area contributed by atoms with Gasteiger partial charge in [0.1, 0.15) is 0 Å². The smallest absolute Gasteiger partial charge is 0.0328 e. The first-order chi connectivity index (χ1) is 8.24. The van der Waals surface area contributed by atoms with Crippen LogP contribution < -0.4 is 5.32 Å². The molecule has 0 spiro atoms. The minimum Gasteiger partial charge on any atom is -0.312 e. The van der Waals surface area contributed by atoms with E-state index in [1.807, 2.05) is 11.3 Å². The second-order valence-electron chi connectivity index (χ2n) is 5.38. The van der Waals surface area contributed by atoms with Crippen LogP contribution in [0.25, 0.3) is 0 Å². The van der Waals surface area contributed by atoms with Gasteiger partial charge in [0, 0.05) is 22.8 Å². The molecule has 0 aliphatic carbocycles. The van der Waals surface area contributed by atoms with Crippen LogP contribution >= 0.6 is 11.3 Å². The maximum atomic E-state index is 3.50. The quantitative estimate of drug-likeness (QED) is 0.837. The molecule has 0 aromatic carbocycles. The molecule has 0 saturated carbocycles. The number of likely N-dealkylation sites (tertiary alicyclic amines) is 1. The zero-order valence-electron chi connectivity index (χ0n) is 11.0. The molecule has 2 heterocycles. The molecule has 0 bridgehead atoms. The number of hydrogen-bond acceptors (Lipinski definition) is 3. The summed E-state index contributed by atoms with van der Waals surface area (Å²) in [5.74, 6) is 0.735. The molecule has 96 valence electrons. The molecule has 0 amide bonds. The van der Waals surface area contributed by atoms with E-state index in [0.29, 0.717) is 0 Å². The van der Waals surface area contributed by atoms with Gasteiger partial charge in [-0.25, -0.2) is 0 Å². The van der Waals surface area contributed by atoms with Crippen molar-refractivity contribution in [3.63, 3.8) is 0 Å². The summed E-state index contributed by atoms with van der Waals surface area (Å²) in [7, 11) is 0. The average molecular weight is 252 g/mol. The highest BCUT2D eigenvalue weighted by Gasteiger charge is 2.12. The van der Waals surface area contributed by atoms with E-state index in [4.69, 9.17) is 0 Å². The Morgan fingerprint density at radius 2 is 1.94 bits per heavy atom. The Labute approximate surface area is 109 Å². The lowest BCUT2D eigenvalue weighted by Gasteiger charge is -2.12. The van der Waals surface area contributed by atoms with Gasteiger partial charge in [-0.15, -0.1) is 11.3 Å². The van der Waals surface area contributed by atoms with Gasteiger partial charge in [-0.2, -0.15) is 0 Å². The van der Waals surface area contributed by atoms with Crippen LogP contribution in [0.2, 0.25) is 0 Å². The molecule has 0 unspecified atom stereocenters. The Bertz CT molecular complexity index is 327. The van der Waals surface area contributed by atoms with E-state index in [9.17, 15) is 0 Å². The lowest BCUT2D eigenvalue weighted by Crippen LogP contribution is -2.18. The molecular weight excluding hydrogens is 228 g/mol. The second-order valence-corrected chi connectivity index (χ2v) is 6.63. The highest BCUT2D eigenvalue weighted by molar-refractivity contribution is 7.11. The molecule has 1 N–H and O–H groups in total. The fourth-order valence-electron chi connectivity index (χ4n) is 2.25. The summed E-state index contributed by atoms with van der Waals surface area (Å²) in [5, 5.41) is 3.50. The number of rotatable bonds is 6. The van der Waals surface area contributed by atoms with E-state index >= 15 is 0 Å². The predicted octanol–water partition coefficient (Wildman–Crippen LogP) is 3.09. The van der Waals surface area contributed by atoms with Gasteiger partial charge in [0.2, 0.25) is 0 Å². The Morgan fingerprint density at radius 1 is 1.24 bits per heavy atom. The number of hydrogen-bond donors (Lipinski definition) is 1. The van der Waals surface area contributed by atoms with Crippen LogP contribution in [0.15, 0.2) is 12.1 Å². The summed E-state index contributed by atoms with van der Waals surface area (Å²) in [5.41, 5.74) is 0. The monoisotopic (exact) mass is 252 g/mol. The van der Waals surface area contributed by atoms with Gasteiger partial charge in [-0.1, -0.05) is 13.8 Å². The van der Waals surface area contributed by atoms with Crippen LogP contribution in [0.1, 0.15) is 36.4 Å². The summed E-state index contributed by atoms with van der Waals surface area (Å²) < 4.78 is 0. The molecule has 3 heteroatoms. The molecule has 1 saturated heterocycles. The third kappa shape index (κ3) is 4.41. The SMILES string of the molecule is CC(C)CNCc1ccc(CN2CCCC2)s1. The minimum atomic E-state index is 0.735. The van der Waals surface area contributed by atoms with Crippen LogP contribution in [-0.4, -0.2) is 24.5 Å². The van der Waals surface area contributed by atoms with Crippen LogP contribution in [-0.2, 0) is 13.1 Å². The standard InChI is InChI=1S/C14H24N2S/c1-12(2)9-15-10-13-5-6-14(17-13)11-16-7-3-4-8-16/h5-6,12,15H,3-4,7-11H2,1-2H3. The fraction of sp³-hybridized carbons (Fsp3) is 0.714. The van der Waals surface area contributed by atoms with Gasteiger partial charge in [0.15, 0.2) is 0 Å². The number of nitrogens with one attached hydrogen (secondary N) is 1. The Balaban J connectivity index is 1.75. The van der Waals surface area contributed by atoms with Gasteiger partial charge in [0.05, 0.1) is 0 Å². The molecule has 17 heavy (non-hydrogen) atoms. The summed E-state index contributed by atoms with van der Waals surface area (Å²) >= 11 is 1.97. The third-order valence-corrected chi connectivity index (χ3v) is 4.22. The molecule has 1 aliphatic rings. The van der Waals surface area contributed by atoms with E-state index in [0.717, 1.165) is 25.6 Å². The van der Waals surface area contributed by atoms with E-state index in [2.05, 4.69) is 36.2 Å². The van der Waals surface area contributed by atoms with Crippen molar-refractivity contribution in [2.75, 3.05) is 19.6 Å². The molecule has 1 aliphatic heterocycles. The molecule has 0 radical (unpaired) electrons. The van der Waals surface area contributed by atoms with E-state index in [-0.39, 0.29) is 0 Å². The molecule has 0 atom stereocenters. The van der Waals surface area contributed by atoms with Crippen molar-refractivity contribution < 1.29 is 0 Å². The van der Waals surface area contributed by atoms with E-state index in [1.54, 1.807) is 0 Å². The Morgan fingerprint density at radius 3 is 2.65 bits per heavy atom. The normalized spacial score (nSPS) is 17.1. The molecule has 1 aromatic rings. The summed E-state index contributed by atoms with van der Waals surface area (Å²) in [6.45, 7) is 10.4. The van der Waals surface area contributed by atoms with Gasteiger partial charge in [0.25, 0.3) is 0 Å². The van der Waals surface area contributed by atoms with Crippen molar-refractivity contribution in [3.8, 4) is 0 Å². The first-order valence-electron chi connectivity index (χ1n) is 6.74. The van der Waals surface area contributed by atoms with Crippen molar-refractivity contribution in [1.29, 1.82) is 0 Å². The van der Waals surface area contributed by atoms with Gasteiger partial charge in [-0.05, 0) is 50.5 Å². The molecule has 2 rings (SSSR count). The van der Waals surface area contributed by atoms with Crippen LogP contribution in [0.3, 0.4) is 0 Å². The average Bonchev–Trinajstić information content (AvgIpc) is 2.90. The van der Waals surface area contributed by atoms with Gasteiger partial charge in [-0.3, -0.25) is 4.90 Å². The molecule has 2 nitrogen and oxygen atoms in total. The van der Waals surface area contributed by atoms with E-state index in [1.165, 1.54) is 35.7 Å². The topological polar surface area (TPSA) is 15.3 Å². The summed E-state index contributed by atoms with van der Waals surface area (Å²) in [6, 6.07) is 4.58. The zero-order valence-corrected chi connectivity index (χ0v) is 11.9. The predicted molar refractivity (Wildman–Crippen MR) is 75.4 cm³/mol. The lowest BCUT2D eigenvalue weighted by atomic mass is 10.2. The number of thiophene rings is 1. The zero-order chi connectivity index (χ0) is 12.1. The maximum Gasteiger partial charge on any atom is 0.0328 e. The van der Waals surface area contributed by atoms with Crippen LogP contribution in [0.4, 0.5) is 0 Å². The maximum absolute atomic E-state index is 3.50. The first-order valence-corrected chi connectivity index (χ1v) is 7.56. The van der Waals surface area contributed by atoms with Crippen molar-refractivity contribution in [2.45, 2.75) is 39.8 Å². The molecule has 1 fully saturated rings. The number of nitrogens with zero attached hydrogens (tertiary/aromatic N) is 1. The largest absolute Gasteiger partial charge is 0.312 e. The summed E-state index contributed by atoms with van der Waals surface area (Å²) in [6.07, 6.45) is 2.77. The lowest BCUT2D eigenvalue weighted by molar-refractivity contribution is 0.334. The first kappa shape index (κ1) is 13.1. The van der Waals surface area contributed by atoms with Crippen molar-refractivity contribution in [1.82, 2.24) is 10.2 Å². The van der Waals surface area contributed by atoms with Crippen molar-refractivity contribution >= 4 is 11.3 Å². The van der Waals surface area contributed by atoms with Gasteiger partial charge < -0.3 is 5.32 Å². The van der Waals surface area contributed by atoms with Crippen LogP contribution in [0, 0.1) is 5.92 Å². The minimum absolute atomic E-state index is 0.735. The van der Waals surface area contributed by atoms with Gasteiger partial charge >= 0.3 is 0 Å². The van der Waals surface area contributed by atoms with Crippen molar-refractivity contribution in [3.05, 3.63) is 21.9 Å². The molecular formula is C14H24N2S. The highest BCUT2D eigenvalue weighted by atomic mass is 32.1. The van der Waals surface area contributed by atoms with Crippen molar-refractivity contribution in [2.24, 2.45) is 5.92 Å². The Hall–Kier alpha value is -0.380. The van der Waals surface area contributed by atoms with E-state index < -0.39 is 0 Å². The fourth-order valence-corrected chi connectivity index (χ4v) is 3.28.